The molecule has 1 unspecified atom stereocenters. The first-order valence-electron chi connectivity index (χ1n) is 13.4. The van der Waals surface area contributed by atoms with Crippen LogP contribution in [0.1, 0.15) is 54.3 Å². The molecule has 8 heteroatoms. The molecule has 2 aromatic heterocycles. The Kier molecular flexibility index (Phi) is 8.68. The van der Waals surface area contributed by atoms with Crippen molar-refractivity contribution in [1.82, 2.24) is 19.4 Å². The van der Waals surface area contributed by atoms with E-state index >= 15 is 0 Å². The van der Waals surface area contributed by atoms with Crippen molar-refractivity contribution >= 4 is 23.2 Å². The highest BCUT2D eigenvalue weighted by atomic mass is 32.1. The summed E-state index contributed by atoms with van der Waals surface area (Å²) in [5.74, 6) is 1.52. The second kappa shape index (κ2) is 12.5. The molecule has 0 bridgehead atoms. The number of ether oxygens (including phenoxy) is 1. The average Bonchev–Trinajstić information content (AvgIpc) is 3.69. The lowest BCUT2D eigenvalue weighted by Gasteiger charge is -2.33. The van der Waals surface area contributed by atoms with Gasteiger partial charge in [-0.15, -0.1) is 11.3 Å². The summed E-state index contributed by atoms with van der Waals surface area (Å²) in [6, 6.07) is 14.3. The van der Waals surface area contributed by atoms with Gasteiger partial charge in [-0.3, -0.25) is 9.59 Å². The first-order chi connectivity index (χ1) is 18.2. The number of aryl methyl sites for hydroxylation is 1. The van der Waals surface area contributed by atoms with Gasteiger partial charge in [0.1, 0.15) is 5.82 Å². The van der Waals surface area contributed by atoms with Gasteiger partial charge in [-0.2, -0.15) is 0 Å². The number of carbonyl (C=O) groups excluding carboxylic acids is 2. The van der Waals surface area contributed by atoms with E-state index in [9.17, 15) is 9.59 Å². The number of amides is 2. The first kappa shape index (κ1) is 25.7. The molecule has 2 aliphatic rings. The lowest BCUT2D eigenvalue weighted by atomic mass is 9.94. The van der Waals surface area contributed by atoms with Crippen molar-refractivity contribution in [2.45, 2.75) is 57.7 Å². The summed E-state index contributed by atoms with van der Waals surface area (Å²) >= 11 is 1.65. The molecule has 0 aliphatic carbocycles. The molecule has 196 valence electrons. The van der Waals surface area contributed by atoms with E-state index in [1.165, 1.54) is 5.56 Å². The van der Waals surface area contributed by atoms with Crippen molar-refractivity contribution in [3.05, 3.63) is 76.5 Å². The molecule has 5 rings (SSSR count). The molecule has 2 saturated heterocycles. The van der Waals surface area contributed by atoms with Crippen LogP contribution in [0, 0.1) is 5.92 Å². The number of imidazole rings is 1. The van der Waals surface area contributed by atoms with Gasteiger partial charge in [-0.25, -0.2) is 4.98 Å². The van der Waals surface area contributed by atoms with Gasteiger partial charge >= 0.3 is 0 Å². The summed E-state index contributed by atoms with van der Waals surface area (Å²) in [6.07, 6.45) is 8.21. The molecule has 0 spiro atoms. The van der Waals surface area contributed by atoms with Crippen molar-refractivity contribution in [2.75, 3.05) is 26.2 Å². The third kappa shape index (κ3) is 6.67. The summed E-state index contributed by atoms with van der Waals surface area (Å²) < 4.78 is 8.09. The third-order valence-electron chi connectivity index (χ3n) is 7.46. The Hall–Kier alpha value is -2.97. The highest BCUT2D eigenvalue weighted by Crippen LogP contribution is 2.30. The van der Waals surface area contributed by atoms with Crippen molar-refractivity contribution in [3.63, 3.8) is 0 Å². The second-order valence-corrected chi connectivity index (χ2v) is 11.1. The van der Waals surface area contributed by atoms with Gasteiger partial charge in [0.05, 0.1) is 19.1 Å². The molecular formula is C29H36N4O3S. The number of hydrogen-bond acceptors (Lipinski definition) is 5. The lowest BCUT2D eigenvalue weighted by molar-refractivity contribution is -0.136. The Bertz CT molecular complexity index is 1140. The summed E-state index contributed by atoms with van der Waals surface area (Å²) in [4.78, 5) is 35.3. The fourth-order valence-corrected chi connectivity index (χ4v) is 6.14. The standard InChI is InChI=1S/C29H36N4O3S/c34-27-19-25(20-33(27)21-26-9-6-18-37-26)29(35)32-14-10-24(11-15-32)28-30-12-16-31(28)13-4-5-17-36-22-23-7-2-1-3-8-23/h1-3,6-9,12,16,18,24-25H,4-5,10-11,13-15,17,19-22H2. The molecular weight excluding hydrogens is 484 g/mol. The number of piperidine rings is 1. The van der Waals surface area contributed by atoms with E-state index in [1.807, 2.05) is 51.7 Å². The number of rotatable bonds is 11. The predicted octanol–water partition coefficient (Wildman–Crippen LogP) is 4.70. The zero-order valence-corrected chi connectivity index (χ0v) is 22.2. The number of thiophene rings is 1. The Morgan fingerprint density at radius 2 is 1.92 bits per heavy atom. The predicted molar refractivity (Wildman–Crippen MR) is 144 cm³/mol. The highest BCUT2D eigenvalue weighted by Gasteiger charge is 2.38. The van der Waals surface area contributed by atoms with E-state index in [4.69, 9.17) is 4.74 Å². The maximum atomic E-state index is 13.2. The number of aromatic nitrogens is 2. The van der Waals surface area contributed by atoms with E-state index in [1.54, 1.807) is 11.3 Å². The smallest absolute Gasteiger partial charge is 0.227 e. The number of unbranched alkanes of at least 4 members (excludes halogenated alkanes) is 1. The highest BCUT2D eigenvalue weighted by molar-refractivity contribution is 7.09. The summed E-state index contributed by atoms with van der Waals surface area (Å²) in [7, 11) is 0. The van der Waals surface area contributed by atoms with Crippen LogP contribution in [0.5, 0.6) is 0 Å². The van der Waals surface area contributed by atoms with Gasteiger partial charge < -0.3 is 19.1 Å². The van der Waals surface area contributed by atoms with E-state index in [0.29, 0.717) is 32.0 Å². The average molecular weight is 521 g/mol. The molecule has 0 N–H and O–H groups in total. The SMILES string of the molecule is O=C1CC(C(=O)N2CCC(c3nccn3CCCCOCc3ccccc3)CC2)CN1Cc1cccs1. The monoisotopic (exact) mass is 520 g/mol. The number of hydrogen-bond donors (Lipinski definition) is 0. The van der Waals surface area contributed by atoms with Crippen LogP contribution in [0.2, 0.25) is 0 Å². The van der Waals surface area contributed by atoms with Crippen LogP contribution in [0.15, 0.2) is 60.2 Å². The second-order valence-electron chi connectivity index (χ2n) is 10.1. The molecule has 2 amide bonds. The minimum absolute atomic E-state index is 0.0918. The fourth-order valence-electron chi connectivity index (χ4n) is 5.42. The molecule has 2 aliphatic heterocycles. The molecule has 1 aromatic carbocycles. The third-order valence-corrected chi connectivity index (χ3v) is 8.32. The van der Waals surface area contributed by atoms with Crippen molar-refractivity contribution in [1.29, 1.82) is 0 Å². The van der Waals surface area contributed by atoms with Crippen molar-refractivity contribution < 1.29 is 14.3 Å². The molecule has 3 aromatic rings. The van der Waals surface area contributed by atoms with Gasteiger partial charge in [-0.05, 0) is 42.7 Å². The Morgan fingerprint density at radius 1 is 1.08 bits per heavy atom. The summed E-state index contributed by atoms with van der Waals surface area (Å²) in [5.41, 5.74) is 1.21. The molecule has 7 nitrogen and oxygen atoms in total. The van der Waals surface area contributed by atoms with Crippen LogP contribution >= 0.6 is 11.3 Å². The first-order valence-corrected chi connectivity index (χ1v) is 14.3. The van der Waals surface area contributed by atoms with E-state index in [2.05, 4.69) is 27.9 Å². The summed E-state index contributed by atoms with van der Waals surface area (Å²) in [5, 5.41) is 2.02. The largest absolute Gasteiger partial charge is 0.377 e. The van der Waals surface area contributed by atoms with Crippen LogP contribution in [0.25, 0.3) is 0 Å². The molecule has 2 fully saturated rings. The van der Waals surface area contributed by atoms with Crippen LogP contribution in [0.3, 0.4) is 0 Å². The van der Waals surface area contributed by atoms with Gasteiger partial charge in [0.25, 0.3) is 0 Å². The minimum atomic E-state index is -0.213. The lowest BCUT2D eigenvalue weighted by Crippen LogP contribution is -2.42. The van der Waals surface area contributed by atoms with E-state index in [0.717, 1.165) is 62.6 Å². The Balaban J connectivity index is 1.03. The maximum Gasteiger partial charge on any atom is 0.227 e. The van der Waals surface area contributed by atoms with Gasteiger partial charge in [-0.1, -0.05) is 36.4 Å². The van der Waals surface area contributed by atoms with Crippen molar-refractivity contribution in [3.8, 4) is 0 Å². The minimum Gasteiger partial charge on any atom is -0.377 e. The van der Waals surface area contributed by atoms with Gasteiger partial charge in [0, 0.05) is 62.4 Å². The van der Waals surface area contributed by atoms with E-state index < -0.39 is 0 Å². The van der Waals surface area contributed by atoms with Gasteiger partial charge in [0.15, 0.2) is 0 Å². The topological polar surface area (TPSA) is 67.7 Å². The molecule has 0 radical (unpaired) electrons. The Morgan fingerprint density at radius 3 is 2.70 bits per heavy atom. The normalized spacial score (nSPS) is 18.6. The summed E-state index contributed by atoms with van der Waals surface area (Å²) in [6.45, 7) is 4.98. The van der Waals surface area contributed by atoms with E-state index in [-0.39, 0.29) is 17.7 Å². The zero-order valence-electron chi connectivity index (χ0n) is 21.3. The Labute approximate surface area is 223 Å². The number of nitrogens with zero attached hydrogens (tertiary/aromatic N) is 4. The van der Waals surface area contributed by atoms with Gasteiger partial charge in [0.2, 0.25) is 11.8 Å². The molecule has 1 atom stereocenters. The quantitative estimate of drug-likeness (QED) is 0.344. The molecule has 37 heavy (non-hydrogen) atoms. The zero-order chi connectivity index (χ0) is 25.5. The number of carbonyl (C=O) groups is 2. The number of likely N-dealkylation sites (tertiary alicyclic amines) is 2. The van der Waals surface area contributed by atoms with Crippen LogP contribution in [-0.4, -0.2) is 57.4 Å². The number of benzene rings is 1. The van der Waals surface area contributed by atoms with Crippen molar-refractivity contribution in [2.24, 2.45) is 5.92 Å². The molecule has 4 heterocycles. The maximum absolute atomic E-state index is 13.2. The van der Waals surface area contributed by atoms with Crippen LogP contribution in [0.4, 0.5) is 0 Å². The molecule has 0 saturated carbocycles. The fraction of sp³-hybridized carbons (Fsp3) is 0.483. The van der Waals surface area contributed by atoms with Crippen LogP contribution < -0.4 is 0 Å². The van der Waals surface area contributed by atoms with Crippen LogP contribution in [-0.2, 0) is 34.0 Å².